The molecule has 0 saturated heterocycles. The summed E-state index contributed by atoms with van der Waals surface area (Å²) in [5, 5.41) is 9.43. The van der Waals surface area contributed by atoms with E-state index in [1.54, 1.807) is 12.1 Å². The van der Waals surface area contributed by atoms with Crippen LogP contribution < -0.4 is 20.7 Å². The van der Waals surface area contributed by atoms with Crippen molar-refractivity contribution in [1.82, 2.24) is 16.0 Å². The number of carbonyl (C=O) groups excluding carboxylic acids is 1. The predicted molar refractivity (Wildman–Crippen MR) is 116 cm³/mol. The monoisotopic (exact) mass is 412 g/mol. The van der Waals surface area contributed by atoms with Gasteiger partial charge in [0.1, 0.15) is 17.2 Å². The summed E-state index contributed by atoms with van der Waals surface area (Å²) >= 11 is 0. The van der Waals surface area contributed by atoms with E-state index >= 15 is 0 Å². The lowest BCUT2D eigenvalue weighted by atomic mass is 9.90. The van der Waals surface area contributed by atoms with Gasteiger partial charge in [0, 0.05) is 25.1 Å². The summed E-state index contributed by atoms with van der Waals surface area (Å²) in [6, 6.07) is 14.0. The third kappa shape index (κ3) is 5.49. The minimum Gasteiger partial charge on any atom is -0.487 e. The van der Waals surface area contributed by atoms with Crippen LogP contribution in [0.3, 0.4) is 0 Å². The molecule has 7 heteroatoms. The van der Waals surface area contributed by atoms with Crippen molar-refractivity contribution in [3.05, 3.63) is 65.5 Å². The van der Waals surface area contributed by atoms with Crippen molar-refractivity contribution in [3.63, 3.8) is 0 Å². The van der Waals surface area contributed by atoms with Crippen molar-refractivity contribution in [3.8, 4) is 5.75 Å². The van der Waals surface area contributed by atoms with Crippen molar-refractivity contribution < 1.29 is 13.9 Å². The fraction of sp³-hybridized carbons (Fsp3) is 0.391. The number of hydrogen-bond acceptors (Lipinski definition) is 3. The molecule has 1 heterocycles. The van der Waals surface area contributed by atoms with Crippen molar-refractivity contribution in [1.29, 1.82) is 0 Å². The fourth-order valence-electron chi connectivity index (χ4n) is 3.49. The summed E-state index contributed by atoms with van der Waals surface area (Å²) in [6.07, 6.45) is 0.790. The summed E-state index contributed by atoms with van der Waals surface area (Å²) in [4.78, 5) is 16.7. The number of fused-ring (bicyclic) bond motifs is 1. The first-order valence-corrected chi connectivity index (χ1v) is 10.2. The first kappa shape index (κ1) is 21.6. The molecular weight excluding hydrogens is 383 g/mol. The Labute approximate surface area is 176 Å². The topological polar surface area (TPSA) is 74.8 Å². The van der Waals surface area contributed by atoms with E-state index in [2.05, 4.69) is 40.9 Å². The smallest absolute Gasteiger partial charge is 0.254 e. The van der Waals surface area contributed by atoms with Gasteiger partial charge in [0.15, 0.2) is 5.96 Å². The van der Waals surface area contributed by atoms with E-state index in [1.807, 2.05) is 25.1 Å². The number of nitrogens with zero attached hydrogens (tertiary/aromatic N) is 1. The zero-order valence-corrected chi connectivity index (χ0v) is 17.7. The van der Waals surface area contributed by atoms with Crippen LogP contribution in [0.1, 0.15) is 49.2 Å². The van der Waals surface area contributed by atoms with E-state index in [0.29, 0.717) is 25.6 Å². The molecule has 0 aromatic heterocycles. The van der Waals surface area contributed by atoms with Gasteiger partial charge in [0.25, 0.3) is 5.91 Å². The Morgan fingerprint density at radius 1 is 1.17 bits per heavy atom. The number of ether oxygens (including phenoxy) is 1. The molecule has 0 spiro atoms. The minimum atomic E-state index is -0.533. The van der Waals surface area contributed by atoms with Crippen LogP contribution in [0.4, 0.5) is 4.39 Å². The molecule has 30 heavy (non-hydrogen) atoms. The highest BCUT2D eigenvalue weighted by Gasteiger charge is 2.33. The number of hydrogen-bond donors (Lipinski definition) is 3. The second-order valence-corrected chi connectivity index (χ2v) is 7.80. The number of rotatable bonds is 6. The van der Waals surface area contributed by atoms with Gasteiger partial charge in [-0.3, -0.25) is 9.79 Å². The van der Waals surface area contributed by atoms with Crippen LogP contribution in [0.15, 0.2) is 53.5 Å². The van der Waals surface area contributed by atoms with Gasteiger partial charge in [-0.25, -0.2) is 4.39 Å². The third-order valence-electron chi connectivity index (χ3n) is 4.82. The molecule has 0 aliphatic carbocycles. The lowest BCUT2D eigenvalue weighted by Crippen LogP contribution is -2.45. The number of aliphatic imine (C=N–C) groups is 1. The Morgan fingerprint density at radius 3 is 2.67 bits per heavy atom. The number of para-hydroxylation sites is 1. The van der Waals surface area contributed by atoms with E-state index in [1.165, 1.54) is 12.1 Å². The van der Waals surface area contributed by atoms with Crippen LogP contribution in [0, 0.1) is 5.82 Å². The Hall–Kier alpha value is -3.09. The van der Waals surface area contributed by atoms with E-state index in [0.717, 1.165) is 17.7 Å². The molecule has 3 N–H and O–H groups in total. The summed E-state index contributed by atoms with van der Waals surface area (Å²) < 4.78 is 19.8. The average Bonchev–Trinajstić information content (AvgIpc) is 2.70. The SMILES string of the molecule is CCNC(=NCCNC(=O)c1ccccc1F)NC1CC(C)(C)Oc2ccccc21. The van der Waals surface area contributed by atoms with E-state index in [-0.39, 0.29) is 17.2 Å². The third-order valence-corrected chi connectivity index (χ3v) is 4.82. The van der Waals surface area contributed by atoms with Gasteiger partial charge in [-0.15, -0.1) is 0 Å². The highest BCUT2D eigenvalue weighted by Crippen LogP contribution is 2.39. The normalized spacial score (nSPS) is 17.5. The zero-order chi connectivity index (χ0) is 21.6. The maximum absolute atomic E-state index is 13.7. The first-order valence-electron chi connectivity index (χ1n) is 10.2. The van der Waals surface area contributed by atoms with Crippen molar-refractivity contribution in [2.45, 2.75) is 38.8 Å². The largest absolute Gasteiger partial charge is 0.487 e. The van der Waals surface area contributed by atoms with E-state index in [9.17, 15) is 9.18 Å². The van der Waals surface area contributed by atoms with Crippen molar-refractivity contribution in [2.24, 2.45) is 4.99 Å². The predicted octanol–water partition coefficient (Wildman–Crippen LogP) is 3.41. The molecule has 1 aliphatic rings. The molecule has 0 fully saturated rings. The quantitative estimate of drug-likeness (QED) is 0.386. The Morgan fingerprint density at radius 2 is 1.90 bits per heavy atom. The van der Waals surface area contributed by atoms with Gasteiger partial charge in [-0.1, -0.05) is 30.3 Å². The summed E-state index contributed by atoms with van der Waals surface area (Å²) in [6.45, 7) is 7.52. The van der Waals surface area contributed by atoms with Crippen LogP contribution in [-0.4, -0.2) is 37.1 Å². The average molecular weight is 413 g/mol. The Bertz CT molecular complexity index is 914. The molecular formula is C23H29FN4O2. The number of nitrogens with one attached hydrogen (secondary N) is 3. The highest BCUT2D eigenvalue weighted by atomic mass is 19.1. The highest BCUT2D eigenvalue weighted by molar-refractivity contribution is 5.94. The standard InChI is InChI=1S/C23H29FN4O2/c1-4-25-22(27-14-13-26-21(29)16-9-5-7-11-18(16)24)28-19-15-23(2,3)30-20-12-8-6-10-17(19)20/h5-12,19H,4,13-15H2,1-3H3,(H,26,29)(H2,25,27,28). The zero-order valence-electron chi connectivity index (χ0n) is 17.7. The summed E-state index contributed by atoms with van der Waals surface area (Å²) in [5.41, 5.74) is 0.833. The van der Waals surface area contributed by atoms with Crippen LogP contribution in [0.5, 0.6) is 5.75 Å². The summed E-state index contributed by atoms with van der Waals surface area (Å²) in [5.74, 6) is 0.560. The molecule has 3 rings (SSSR count). The molecule has 1 amide bonds. The molecule has 160 valence electrons. The molecule has 2 aromatic rings. The lowest BCUT2D eigenvalue weighted by Gasteiger charge is -2.38. The fourth-order valence-corrected chi connectivity index (χ4v) is 3.49. The van der Waals surface area contributed by atoms with Crippen LogP contribution in [0.25, 0.3) is 0 Å². The van der Waals surface area contributed by atoms with Crippen LogP contribution in [-0.2, 0) is 0 Å². The van der Waals surface area contributed by atoms with Gasteiger partial charge in [-0.2, -0.15) is 0 Å². The molecule has 1 unspecified atom stereocenters. The molecule has 1 atom stereocenters. The van der Waals surface area contributed by atoms with E-state index in [4.69, 9.17) is 4.74 Å². The maximum Gasteiger partial charge on any atom is 0.254 e. The van der Waals surface area contributed by atoms with Gasteiger partial charge < -0.3 is 20.7 Å². The Kier molecular flexibility index (Phi) is 6.92. The van der Waals surface area contributed by atoms with Gasteiger partial charge >= 0.3 is 0 Å². The molecule has 2 aromatic carbocycles. The van der Waals surface area contributed by atoms with Crippen molar-refractivity contribution >= 4 is 11.9 Å². The lowest BCUT2D eigenvalue weighted by molar-refractivity contribution is 0.0694. The molecule has 0 radical (unpaired) electrons. The van der Waals surface area contributed by atoms with E-state index < -0.39 is 11.7 Å². The number of guanidine groups is 1. The van der Waals surface area contributed by atoms with Crippen LogP contribution >= 0.6 is 0 Å². The van der Waals surface area contributed by atoms with Gasteiger partial charge in [0.2, 0.25) is 0 Å². The number of benzene rings is 2. The van der Waals surface area contributed by atoms with Gasteiger partial charge in [0.05, 0.1) is 18.2 Å². The number of amides is 1. The molecule has 0 saturated carbocycles. The summed E-state index contributed by atoms with van der Waals surface area (Å²) in [7, 11) is 0. The van der Waals surface area contributed by atoms with Crippen molar-refractivity contribution in [2.75, 3.05) is 19.6 Å². The minimum absolute atomic E-state index is 0.0348. The van der Waals surface area contributed by atoms with Gasteiger partial charge in [-0.05, 0) is 39.0 Å². The maximum atomic E-state index is 13.7. The molecule has 6 nitrogen and oxygen atoms in total. The Balaban J connectivity index is 1.62. The molecule has 0 bridgehead atoms. The van der Waals surface area contributed by atoms with Crippen LogP contribution in [0.2, 0.25) is 0 Å². The first-order chi connectivity index (χ1) is 14.4. The second-order valence-electron chi connectivity index (χ2n) is 7.80. The number of carbonyl (C=O) groups is 1. The number of halogens is 1. The molecule has 1 aliphatic heterocycles. The second kappa shape index (κ2) is 9.61.